The van der Waals surface area contributed by atoms with Crippen molar-refractivity contribution >= 4 is 29.2 Å². The van der Waals surface area contributed by atoms with Crippen LogP contribution in [0.5, 0.6) is 0 Å². The zero-order valence-electron chi connectivity index (χ0n) is 11.2. The second kappa shape index (κ2) is 5.91. The Kier molecular flexibility index (Phi) is 4.21. The number of nitrogens with zero attached hydrogens (tertiary/aromatic N) is 4. The highest BCUT2D eigenvalue weighted by Crippen LogP contribution is 2.15. The molecule has 112 valence electrons. The fraction of sp³-hybridized carbons (Fsp3) is 0.400. The zero-order chi connectivity index (χ0) is 15.6. The highest BCUT2D eigenvalue weighted by Gasteiger charge is 2.22. The summed E-state index contributed by atoms with van der Waals surface area (Å²) in [5, 5.41) is 13.6. The fourth-order valence-corrected chi connectivity index (χ4v) is 2.24. The van der Waals surface area contributed by atoms with E-state index in [1.165, 1.54) is 6.92 Å². The maximum Gasteiger partial charge on any atom is 0.357 e. The van der Waals surface area contributed by atoms with E-state index in [2.05, 4.69) is 15.1 Å². The Morgan fingerprint density at radius 1 is 1.52 bits per heavy atom. The minimum atomic E-state index is -0.849. The van der Waals surface area contributed by atoms with Gasteiger partial charge in [0.05, 0.1) is 17.3 Å². The van der Waals surface area contributed by atoms with Crippen LogP contribution >= 0.6 is 11.8 Å². The molecule has 2 aromatic heterocycles. The summed E-state index contributed by atoms with van der Waals surface area (Å²) >= 11 is 1.01. The largest absolute Gasteiger partial charge is 0.465 e. The first-order valence-electron chi connectivity index (χ1n) is 5.86. The molecule has 0 aliphatic heterocycles. The zero-order valence-corrected chi connectivity index (χ0v) is 12.0. The van der Waals surface area contributed by atoms with Crippen LogP contribution in [0.4, 0.5) is 5.69 Å². The summed E-state index contributed by atoms with van der Waals surface area (Å²) < 4.78 is 5.63. The van der Waals surface area contributed by atoms with Crippen LogP contribution in [0, 0.1) is 17.0 Å². The van der Waals surface area contributed by atoms with Crippen LogP contribution in [-0.4, -0.2) is 42.8 Å². The first kappa shape index (κ1) is 15.0. The van der Waals surface area contributed by atoms with Crippen LogP contribution in [0.2, 0.25) is 0 Å². The van der Waals surface area contributed by atoms with Crippen molar-refractivity contribution in [2.24, 2.45) is 0 Å². The Hall–Kier alpha value is -2.43. The van der Waals surface area contributed by atoms with Crippen molar-refractivity contribution in [3.05, 3.63) is 26.2 Å². The van der Waals surface area contributed by atoms with Gasteiger partial charge >= 0.3 is 17.2 Å². The summed E-state index contributed by atoms with van der Waals surface area (Å²) in [5.74, 6) is -0.413. The number of aromatic nitrogens is 4. The number of fused-ring (bicyclic) bond motifs is 1. The van der Waals surface area contributed by atoms with E-state index in [0.29, 0.717) is 0 Å². The van der Waals surface area contributed by atoms with Crippen molar-refractivity contribution in [2.45, 2.75) is 19.0 Å². The molecule has 0 atom stereocenters. The summed E-state index contributed by atoms with van der Waals surface area (Å²) in [6, 6.07) is 0. The number of aryl methyl sites for hydroxylation is 1. The smallest absolute Gasteiger partial charge is 0.357 e. The van der Waals surface area contributed by atoms with Gasteiger partial charge in [0.15, 0.2) is 5.16 Å². The van der Waals surface area contributed by atoms with Crippen LogP contribution in [0.25, 0.3) is 5.78 Å². The summed E-state index contributed by atoms with van der Waals surface area (Å²) in [7, 11) is 0. The standard InChI is InChI=1S/C10H11N5O5S/c1-3-20-6(16)4-21-10-12-9-11-5(2)7(15(18)19)8(17)14(9)13-10/h3-4H2,1-2H3,(H,11,12,13). The third kappa shape index (κ3) is 3.02. The van der Waals surface area contributed by atoms with Crippen LogP contribution < -0.4 is 5.56 Å². The summed E-state index contributed by atoms with van der Waals surface area (Å²) in [5.41, 5.74) is -1.48. The van der Waals surface area contributed by atoms with Gasteiger partial charge in [-0.1, -0.05) is 11.8 Å². The Balaban J connectivity index is 2.34. The van der Waals surface area contributed by atoms with Crippen molar-refractivity contribution in [3.8, 4) is 0 Å². The number of esters is 1. The lowest BCUT2D eigenvalue weighted by molar-refractivity contribution is -0.387. The van der Waals surface area contributed by atoms with Crippen molar-refractivity contribution in [3.63, 3.8) is 0 Å². The molecule has 0 fully saturated rings. The molecule has 1 N–H and O–H groups in total. The summed E-state index contributed by atoms with van der Waals surface area (Å²) in [6.07, 6.45) is 0. The quantitative estimate of drug-likeness (QED) is 0.360. The summed E-state index contributed by atoms with van der Waals surface area (Å²) in [4.78, 5) is 41.1. The van der Waals surface area contributed by atoms with Gasteiger partial charge in [0.25, 0.3) is 5.78 Å². The number of nitro groups is 1. The predicted molar refractivity (Wildman–Crippen MR) is 72.4 cm³/mol. The number of hydrogen-bond acceptors (Lipinski definition) is 8. The lowest BCUT2D eigenvalue weighted by Gasteiger charge is -1.98. The molecule has 0 unspecified atom stereocenters. The van der Waals surface area contributed by atoms with E-state index >= 15 is 0 Å². The van der Waals surface area contributed by atoms with E-state index in [-0.39, 0.29) is 29.0 Å². The molecule has 10 nitrogen and oxygen atoms in total. The Morgan fingerprint density at radius 2 is 2.24 bits per heavy atom. The number of carbonyl (C=O) groups is 1. The molecular formula is C10H11N5O5S. The molecule has 11 heteroatoms. The van der Waals surface area contributed by atoms with Gasteiger partial charge in [0.1, 0.15) is 5.69 Å². The SMILES string of the molecule is CCOC(=O)CSc1nc2nc(C)c([N+](=O)[O-])c(=O)n2[nH]1. The van der Waals surface area contributed by atoms with Crippen molar-refractivity contribution in [1.29, 1.82) is 0 Å². The molecule has 0 bridgehead atoms. The molecule has 21 heavy (non-hydrogen) atoms. The molecule has 0 radical (unpaired) electrons. The fourth-order valence-electron chi connectivity index (χ4n) is 1.60. The highest BCUT2D eigenvalue weighted by molar-refractivity contribution is 7.99. The van der Waals surface area contributed by atoms with Gasteiger partial charge in [-0.3, -0.25) is 24.8 Å². The van der Waals surface area contributed by atoms with Gasteiger partial charge in [0.2, 0.25) is 0 Å². The topological polar surface area (TPSA) is 132 Å². The molecule has 0 aliphatic rings. The van der Waals surface area contributed by atoms with Gasteiger partial charge in [-0.2, -0.15) is 9.50 Å². The van der Waals surface area contributed by atoms with Crippen molar-refractivity contribution in [2.75, 3.05) is 12.4 Å². The second-order valence-corrected chi connectivity index (χ2v) is 4.83. The minimum Gasteiger partial charge on any atom is -0.465 e. The van der Waals surface area contributed by atoms with E-state index in [0.717, 1.165) is 16.3 Å². The predicted octanol–water partition coefficient (Wildman–Crippen LogP) is 0.289. The van der Waals surface area contributed by atoms with Crippen molar-refractivity contribution < 1.29 is 14.5 Å². The van der Waals surface area contributed by atoms with Gasteiger partial charge < -0.3 is 4.74 Å². The number of hydrogen-bond donors (Lipinski definition) is 1. The minimum absolute atomic E-state index is 0.00346. The number of H-pyrrole nitrogens is 1. The molecule has 0 aliphatic carbocycles. The van der Waals surface area contributed by atoms with Crippen molar-refractivity contribution in [1.82, 2.24) is 19.6 Å². The number of nitrogens with one attached hydrogen (secondary N) is 1. The van der Waals surface area contributed by atoms with Crippen LogP contribution in [0.1, 0.15) is 12.6 Å². The first-order chi connectivity index (χ1) is 9.93. The van der Waals surface area contributed by atoms with Gasteiger partial charge in [-0.05, 0) is 13.8 Å². The maximum absolute atomic E-state index is 12.0. The molecule has 0 spiro atoms. The Bertz CT molecular complexity index is 767. The normalized spacial score (nSPS) is 10.8. The number of aromatic amines is 1. The lowest BCUT2D eigenvalue weighted by Crippen LogP contribution is -2.20. The molecule has 2 rings (SSSR count). The van der Waals surface area contributed by atoms with E-state index < -0.39 is 22.1 Å². The molecule has 0 amide bonds. The van der Waals surface area contributed by atoms with Crippen LogP contribution in [0.3, 0.4) is 0 Å². The number of ether oxygens (including phenoxy) is 1. The van der Waals surface area contributed by atoms with Crippen LogP contribution in [0.15, 0.2) is 9.95 Å². The van der Waals surface area contributed by atoms with Gasteiger partial charge in [-0.15, -0.1) is 0 Å². The van der Waals surface area contributed by atoms with Gasteiger partial charge in [-0.25, -0.2) is 4.98 Å². The summed E-state index contributed by atoms with van der Waals surface area (Å²) in [6.45, 7) is 3.32. The average Bonchev–Trinajstić information content (AvgIpc) is 2.79. The first-order valence-corrected chi connectivity index (χ1v) is 6.84. The average molecular weight is 313 g/mol. The van der Waals surface area contributed by atoms with E-state index in [9.17, 15) is 19.7 Å². The highest BCUT2D eigenvalue weighted by atomic mass is 32.2. The number of thioether (sulfide) groups is 1. The Morgan fingerprint density at radius 3 is 2.86 bits per heavy atom. The molecule has 0 saturated carbocycles. The van der Waals surface area contributed by atoms with Crippen LogP contribution in [-0.2, 0) is 9.53 Å². The second-order valence-electron chi connectivity index (χ2n) is 3.87. The molecule has 0 aromatic carbocycles. The monoisotopic (exact) mass is 313 g/mol. The Labute approximate surface area is 121 Å². The van der Waals surface area contributed by atoms with Gasteiger partial charge in [0, 0.05) is 0 Å². The van der Waals surface area contributed by atoms with E-state index in [4.69, 9.17) is 4.74 Å². The lowest BCUT2D eigenvalue weighted by atomic mass is 10.4. The van der Waals surface area contributed by atoms with E-state index in [1.54, 1.807) is 6.92 Å². The third-order valence-corrected chi connectivity index (χ3v) is 3.28. The third-order valence-electron chi connectivity index (χ3n) is 2.44. The number of rotatable bonds is 5. The molecule has 2 aromatic rings. The number of carbonyl (C=O) groups excluding carboxylic acids is 1. The molecule has 2 heterocycles. The van der Waals surface area contributed by atoms with E-state index in [1.807, 2.05) is 0 Å². The maximum atomic E-state index is 12.0. The molecule has 0 saturated heterocycles. The molecular weight excluding hydrogens is 302 g/mol.